The summed E-state index contributed by atoms with van der Waals surface area (Å²) in [6.45, 7) is 2.10. The van der Waals surface area contributed by atoms with Gasteiger partial charge in [-0.15, -0.1) is 0 Å². The van der Waals surface area contributed by atoms with E-state index in [2.05, 4.69) is 21.7 Å². The molecule has 7 nitrogen and oxygen atoms in total. The summed E-state index contributed by atoms with van der Waals surface area (Å²) in [6.07, 6.45) is 4.11. The van der Waals surface area contributed by atoms with Crippen molar-refractivity contribution in [2.45, 2.75) is 19.5 Å². The second-order valence-electron chi connectivity index (χ2n) is 7.30. The smallest absolute Gasteiger partial charge is 0.327 e. The summed E-state index contributed by atoms with van der Waals surface area (Å²) in [6, 6.07) is 9.58. The highest BCUT2D eigenvalue weighted by molar-refractivity contribution is 5.27. The Morgan fingerprint density at radius 3 is 2.66 bits per heavy atom. The van der Waals surface area contributed by atoms with Crippen LogP contribution in [-0.2, 0) is 33.6 Å². The number of rotatable bonds is 3. The van der Waals surface area contributed by atoms with E-state index >= 15 is 0 Å². The van der Waals surface area contributed by atoms with E-state index in [1.54, 1.807) is 24.1 Å². The maximum atomic E-state index is 13.1. The summed E-state index contributed by atoms with van der Waals surface area (Å²) >= 11 is 0. The second kappa shape index (κ2) is 7.94. The molecule has 0 amide bonds. The molecular weight excluding hydrogens is 366 g/mol. The first-order chi connectivity index (χ1) is 14.0. The number of nitrogens with zero attached hydrogens (tertiary/aromatic N) is 5. The van der Waals surface area contributed by atoms with Crippen LogP contribution in [0.3, 0.4) is 0 Å². The number of aromatic nitrogens is 4. The highest BCUT2D eigenvalue weighted by Gasteiger charge is 2.23. The van der Waals surface area contributed by atoms with E-state index in [-0.39, 0.29) is 17.8 Å². The van der Waals surface area contributed by atoms with Crippen LogP contribution in [-0.4, -0.2) is 36.7 Å². The first kappa shape index (κ1) is 19.0. The van der Waals surface area contributed by atoms with Crippen molar-refractivity contribution < 1.29 is 0 Å². The Balaban J connectivity index is 1.60. The van der Waals surface area contributed by atoms with E-state index in [9.17, 15) is 9.59 Å². The van der Waals surface area contributed by atoms with Crippen LogP contribution in [0.15, 0.2) is 52.4 Å². The number of fused-ring (bicyclic) bond motifs is 1. The topological polar surface area (TPSA) is 65.1 Å². The van der Waals surface area contributed by atoms with Gasteiger partial charge in [-0.3, -0.25) is 14.3 Å². The first-order valence-corrected chi connectivity index (χ1v) is 9.57. The molecule has 7 heteroatoms. The van der Waals surface area contributed by atoms with Gasteiger partial charge in [0.2, 0.25) is 0 Å². The summed E-state index contributed by atoms with van der Waals surface area (Å²) in [5, 5.41) is 0. The van der Waals surface area contributed by atoms with E-state index in [0.29, 0.717) is 25.1 Å². The molecule has 3 heterocycles. The Labute approximate surface area is 168 Å². The van der Waals surface area contributed by atoms with Crippen molar-refractivity contribution in [2.24, 2.45) is 14.1 Å². The molecule has 148 valence electrons. The molecule has 0 saturated carbocycles. The van der Waals surface area contributed by atoms with Gasteiger partial charge in [0.15, 0.2) is 0 Å². The van der Waals surface area contributed by atoms with Crippen LogP contribution in [0, 0.1) is 11.8 Å². The lowest BCUT2D eigenvalue weighted by molar-refractivity contribution is 0.275. The Bertz CT molecular complexity index is 1210. The van der Waals surface area contributed by atoms with Crippen LogP contribution in [0.1, 0.15) is 22.5 Å². The van der Waals surface area contributed by atoms with E-state index < -0.39 is 0 Å². The lowest BCUT2D eigenvalue weighted by atomic mass is 10.1. The van der Waals surface area contributed by atoms with Gasteiger partial charge < -0.3 is 9.13 Å². The Morgan fingerprint density at radius 1 is 1.14 bits per heavy atom. The fourth-order valence-electron chi connectivity index (χ4n) is 3.68. The number of hydrogen-bond acceptors (Lipinski definition) is 4. The second-order valence-corrected chi connectivity index (χ2v) is 7.30. The molecule has 0 spiro atoms. The van der Waals surface area contributed by atoms with Crippen molar-refractivity contribution in [3.8, 4) is 11.8 Å². The first-order valence-electron chi connectivity index (χ1n) is 9.57. The highest BCUT2D eigenvalue weighted by Crippen LogP contribution is 2.14. The maximum absolute atomic E-state index is 13.1. The average molecular weight is 389 g/mol. The van der Waals surface area contributed by atoms with E-state index in [1.165, 1.54) is 4.57 Å². The fraction of sp³-hybridized carbons (Fsp3) is 0.318. The van der Waals surface area contributed by atoms with Gasteiger partial charge in [0.05, 0.1) is 31.2 Å². The van der Waals surface area contributed by atoms with Crippen LogP contribution in [0.2, 0.25) is 0 Å². The van der Waals surface area contributed by atoms with E-state index in [4.69, 9.17) is 0 Å². The van der Waals surface area contributed by atoms with Crippen molar-refractivity contribution in [1.29, 1.82) is 0 Å². The normalized spacial score (nSPS) is 13.6. The number of benzene rings is 1. The van der Waals surface area contributed by atoms with Crippen molar-refractivity contribution in [2.75, 3.05) is 13.1 Å². The van der Waals surface area contributed by atoms with Crippen LogP contribution in [0.25, 0.3) is 0 Å². The van der Waals surface area contributed by atoms with Crippen molar-refractivity contribution in [3.05, 3.63) is 86.2 Å². The minimum absolute atomic E-state index is 0.198. The third kappa shape index (κ3) is 3.80. The van der Waals surface area contributed by atoms with Gasteiger partial charge >= 0.3 is 5.69 Å². The molecule has 1 aromatic carbocycles. The molecule has 0 fully saturated rings. The molecule has 0 unspecified atom stereocenters. The van der Waals surface area contributed by atoms with E-state index in [1.807, 2.05) is 41.9 Å². The molecule has 0 radical (unpaired) electrons. The number of aryl methyl sites for hydroxylation is 1. The molecule has 2 aromatic heterocycles. The zero-order valence-electron chi connectivity index (χ0n) is 16.6. The van der Waals surface area contributed by atoms with Gasteiger partial charge in [-0.1, -0.05) is 36.3 Å². The van der Waals surface area contributed by atoms with Gasteiger partial charge in [-0.25, -0.2) is 9.78 Å². The molecule has 1 aliphatic rings. The summed E-state index contributed by atoms with van der Waals surface area (Å²) in [7, 11) is 3.66. The summed E-state index contributed by atoms with van der Waals surface area (Å²) in [4.78, 5) is 32.1. The molecule has 0 saturated heterocycles. The molecule has 0 aliphatic carbocycles. The maximum Gasteiger partial charge on any atom is 0.331 e. The highest BCUT2D eigenvalue weighted by atomic mass is 16.2. The molecule has 4 rings (SSSR count). The number of imidazole rings is 1. The van der Waals surface area contributed by atoms with Gasteiger partial charge in [0, 0.05) is 39.3 Å². The van der Waals surface area contributed by atoms with Crippen LogP contribution >= 0.6 is 0 Å². The lowest BCUT2D eigenvalue weighted by Gasteiger charge is -2.28. The quantitative estimate of drug-likeness (QED) is 0.620. The predicted octanol–water partition coefficient (Wildman–Crippen LogP) is 0.739. The molecule has 1 aliphatic heterocycles. The Kier molecular flexibility index (Phi) is 5.19. The van der Waals surface area contributed by atoms with Crippen LogP contribution < -0.4 is 11.2 Å². The largest absolute Gasteiger partial charge is 0.331 e. The SMILES string of the molecule is Cn1cncc1C#CCN1CCc2c(c(=O)n(Cc3ccccc3)c(=O)n2C)C1. The monoisotopic (exact) mass is 389 g/mol. The molecular formula is C22H23N5O2. The fourth-order valence-corrected chi connectivity index (χ4v) is 3.68. The van der Waals surface area contributed by atoms with Crippen molar-refractivity contribution >= 4 is 0 Å². The predicted molar refractivity (Wildman–Crippen MR) is 111 cm³/mol. The lowest BCUT2D eigenvalue weighted by Crippen LogP contribution is -2.47. The molecule has 0 N–H and O–H groups in total. The van der Waals surface area contributed by atoms with E-state index in [0.717, 1.165) is 23.5 Å². The van der Waals surface area contributed by atoms with Crippen molar-refractivity contribution in [1.82, 2.24) is 23.6 Å². The third-order valence-corrected chi connectivity index (χ3v) is 5.34. The molecule has 0 bridgehead atoms. The van der Waals surface area contributed by atoms with Gasteiger partial charge in [-0.2, -0.15) is 0 Å². The molecule has 0 atom stereocenters. The zero-order valence-corrected chi connectivity index (χ0v) is 16.6. The average Bonchev–Trinajstić information content (AvgIpc) is 3.15. The van der Waals surface area contributed by atoms with Gasteiger partial charge in [-0.05, 0) is 11.5 Å². The Hall–Kier alpha value is -3.37. The summed E-state index contributed by atoms with van der Waals surface area (Å²) in [5.41, 5.74) is 2.85. The minimum Gasteiger partial charge on any atom is -0.327 e. The minimum atomic E-state index is -0.262. The van der Waals surface area contributed by atoms with Crippen LogP contribution in [0.5, 0.6) is 0 Å². The third-order valence-electron chi connectivity index (χ3n) is 5.34. The van der Waals surface area contributed by atoms with Crippen LogP contribution in [0.4, 0.5) is 0 Å². The van der Waals surface area contributed by atoms with Gasteiger partial charge in [0.25, 0.3) is 5.56 Å². The molecule has 3 aromatic rings. The number of hydrogen-bond donors (Lipinski definition) is 0. The summed E-state index contributed by atoms with van der Waals surface area (Å²) < 4.78 is 4.83. The zero-order chi connectivity index (χ0) is 20.4. The van der Waals surface area contributed by atoms with Crippen molar-refractivity contribution in [3.63, 3.8) is 0 Å². The Morgan fingerprint density at radius 2 is 1.93 bits per heavy atom. The van der Waals surface area contributed by atoms with Gasteiger partial charge in [0.1, 0.15) is 5.69 Å². The summed E-state index contributed by atoms with van der Waals surface area (Å²) in [5.74, 6) is 6.28. The molecule has 29 heavy (non-hydrogen) atoms. The standard InChI is InChI=1S/C22H23N5O2/c1-24-16-23-13-18(24)9-6-11-26-12-10-20-19(15-26)21(28)27(22(29)25(20)2)14-17-7-4-3-5-8-17/h3-5,7-8,13,16H,10-12,14-15H2,1-2H3.